The van der Waals surface area contributed by atoms with Crippen LogP contribution >= 0.6 is 0 Å². The van der Waals surface area contributed by atoms with Crippen LogP contribution in [0.3, 0.4) is 0 Å². The molecule has 2 aromatic rings. The lowest BCUT2D eigenvalue weighted by Gasteiger charge is -2.16. The highest BCUT2D eigenvalue weighted by atomic mass is 16.6. The maximum Gasteiger partial charge on any atom is 0.273 e. The fraction of sp³-hybridized carbons (Fsp3) is 0.440. The molecular formula is C25H34N2O4. The van der Waals surface area contributed by atoms with E-state index in [0.29, 0.717) is 24.4 Å². The van der Waals surface area contributed by atoms with Gasteiger partial charge >= 0.3 is 0 Å². The van der Waals surface area contributed by atoms with E-state index in [1.807, 2.05) is 31.2 Å². The second-order valence-corrected chi connectivity index (χ2v) is 7.79. The maximum absolute atomic E-state index is 12.8. The average molecular weight is 427 g/mol. The zero-order valence-corrected chi connectivity index (χ0v) is 18.9. The Balaban J connectivity index is 0.00000363. The van der Waals surface area contributed by atoms with Crippen molar-refractivity contribution in [3.05, 3.63) is 58.7 Å². The van der Waals surface area contributed by atoms with Crippen LogP contribution in [-0.4, -0.2) is 38.5 Å². The molecule has 1 aliphatic carbocycles. The number of amides is 1. The molecule has 1 amide bonds. The van der Waals surface area contributed by atoms with Crippen molar-refractivity contribution in [2.24, 2.45) is 5.16 Å². The van der Waals surface area contributed by atoms with E-state index in [4.69, 9.17) is 14.3 Å². The van der Waals surface area contributed by atoms with Gasteiger partial charge in [-0.3, -0.25) is 4.79 Å². The predicted octanol–water partition coefficient (Wildman–Crippen LogP) is 4.32. The van der Waals surface area contributed by atoms with E-state index in [-0.39, 0.29) is 13.4 Å². The Bertz CT molecular complexity index is 946. The first-order valence-corrected chi connectivity index (χ1v) is 10.9. The standard InChI is InChI=1S/C25H32N2O4.H2/c1-5-17(2)31-22-12-9-18(15-23(22)29-3)13-14-26-25(28)24(27-30-4)21-11-10-19-7-6-8-20(19)16-21;/h9-12,15-17H,5-8,13-14H2,1-4H3,(H,26,28);1H/b27-24-;. The number of fused-ring (bicyclic) bond motifs is 1. The molecule has 1 unspecified atom stereocenters. The van der Waals surface area contributed by atoms with E-state index in [9.17, 15) is 4.79 Å². The number of aryl methyl sites for hydroxylation is 2. The van der Waals surface area contributed by atoms with Gasteiger partial charge in [0.2, 0.25) is 0 Å². The van der Waals surface area contributed by atoms with Gasteiger partial charge in [0.15, 0.2) is 17.2 Å². The monoisotopic (exact) mass is 426 g/mol. The van der Waals surface area contributed by atoms with Gasteiger partial charge in [-0.15, -0.1) is 0 Å². The molecule has 0 radical (unpaired) electrons. The lowest BCUT2D eigenvalue weighted by atomic mass is 10.0. The number of carbonyl (C=O) groups excluding carboxylic acids is 1. The summed E-state index contributed by atoms with van der Waals surface area (Å²) in [5, 5.41) is 6.94. The molecule has 0 saturated heterocycles. The van der Waals surface area contributed by atoms with Crippen molar-refractivity contribution in [2.45, 2.75) is 52.1 Å². The Hall–Kier alpha value is -3.02. The van der Waals surface area contributed by atoms with E-state index in [2.05, 4.69) is 29.5 Å². The Labute approximate surface area is 186 Å². The second kappa shape index (κ2) is 10.8. The molecule has 0 fully saturated rings. The third-order valence-corrected chi connectivity index (χ3v) is 5.60. The van der Waals surface area contributed by atoms with Gasteiger partial charge in [0, 0.05) is 13.5 Å². The van der Waals surface area contributed by atoms with Gasteiger partial charge in [-0.25, -0.2) is 0 Å². The van der Waals surface area contributed by atoms with Gasteiger partial charge in [-0.1, -0.05) is 30.3 Å². The zero-order chi connectivity index (χ0) is 22.2. The summed E-state index contributed by atoms with van der Waals surface area (Å²) < 4.78 is 11.4. The third-order valence-electron chi connectivity index (χ3n) is 5.60. The Kier molecular flexibility index (Phi) is 7.93. The van der Waals surface area contributed by atoms with Crippen LogP contribution in [0.4, 0.5) is 0 Å². The molecular weight excluding hydrogens is 392 g/mol. The molecule has 0 heterocycles. The van der Waals surface area contributed by atoms with Crippen molar-refractivity contribution in [3.63, 3.8) is 0 Å². The first-order chi connectivity index (χ1) is 15.0. The van der Waals surface area contributed by atoms with Crippen molar-refractivity contribution in [1.82, 2.24) is 5.32 Å². The summed E-state index contributed by atoms with van der Waals surface area (Å²) in [6.45, 7) is 4.59. The molecule has 6 heteroatoms. The van der Waals surface area contributed by atoms with Gasteiger partial charge in [0.1, 0.15) is 7.11 Å². The normalized spacial score (nSPS) is 14.0. The van der Waals surface area contributed by atoms with Crippen LogP contribution in [0.1, 0.15) is 50.4 Å². The lowest BCUT2D eigenvalue weighted by Crippen LogP contribution is -2.33. The van der Waals surface area contributed by atoms with Gasteiger partial charge in [-0.2, -0.15) is 0 Å². The minimum absolute atomic E-state index is 0. The number of hydrogen-bond acceptors (Lipinski definition) is 5. The van der Waals surface area contributed by atoms with Crippen LogP contribution in [0.15, 0.2) is 41.6 Å². The lowest BCUT2D eigenvalue weighted by molar-refractivity contribution is -0.114. The molecule has 0 aliphatic heterocycles. The first kappa shape index (κ1) is 22.7. The predicted molar refractivity (Wildman–Crippen MR) is 124 cm³/mol. The number of oxime groups is 1. The van der Waals surface area contributed by atoms with Crippen molar-refractivity contribution in [1.29, 1.82) is 0 Å². The summed E-state index contributed by atoms with van der Waals surface area (Å²) in [5.41, 5.74) is 4.79. The minimum atomic E-state index is -0.247. The van der Waals surface area contributed by atoms with E-state index in [1.54, 1.807) is 7.11 Å². The highest BCUT2D eigenvalue weighted by Gasteiger charge is 2.18. The maximum atomic E-state index is 12.8. The Morgan fingerprint density at radius 3 is 2.68 bits per heavy atom. The summed E-state index contributed by atoms with van der Waals surface area (Å²) in [7, 11) is 3.09. The molecule has 1 atom stereocenters. The summed E-state index contributed by atoms with van der Waals surface area (Å²) in [6.07, 6.45) is 5.01. The quantitative estimate of drug-likeness (QED) is 0.454. The van der Waals surface area contributed by atoms with Crippen molar-refractivity contribution < 1.29 is 20.5 Å². The summed E-state index contributed by atoms with van der Waals surface area (Å²) in [4.78, 5) is 17.7. The largest absolute Gasteiger partial charge is 0.493 e. The van der Waals surface area contributed by atoms with Gasteiger partial charge in [-0.05, 0) is 73.9 Å². The van der Waals surface area contributed by atoms with E-state index >= 15 is 0 Å². The summed E-state index contributed by atoms with van der Waals surface area (Å²) >= 11 is 0. The molecule has 6 nitrogen and oxygen atoms in total. The number of rotatable bonds is 10. The second-order valence-electron chi connectivity index (χ2n) is 7.79. The van der Waals surface area contributed by atoms with Crippen molar-refractivity contribution in [2.75, 3.05) is 20.8 Å². The minimum Gasteiger partial charge on any atom is -0.493 e. The molecule has 1 aliphatic rings. The molecule has 0 aromatic heterocycles. The Morgan fingerprint density at radius 2 is 1.94 bits per heavy atom. The molecule has 1 N–H and O–H groups in total. The van der Waals surface area contributed by atoms with E-state index in [1.165, 1.54) is 18.2 Å². The summed E-state index contributed by atoms with van der Waals surface area (Å²) in [5.74, 6) is 1.18. The molecule has 2 aromatic carbocycles. The number of nitrogens with zero attached hydrogens (tertiary/aromatic N) is 1. The van der Waals surface area contributed by atoms with Crippen LogP contribution in [-0.2, 0) is 28.9 Å². The van der Waals surface area contributed by atoms with Crippen molar-refractivity contribution in [3.8, 4) is 11.5 Å². The van der Waals surface area contributed by atoms with Crippen LogP contribution < -0.4 is 14.8 Å². The molecule has 0 bridgehead atoms. The van der Waals surface area contributed by atoms with Crippen LogP contribution in [0.5, 0.6) is 11.5 Å². The van der Waals surface area contributed by atoms with E-state index < -0.39 is 0 Å². The molecule has 31 heavy (non-hydrogen) atoms. The smallest absolute Gasteiger partial charge is 0.273 e. The highest BCUT2D eigenvalue weighted by molar-refractivity contribution is 6.45. The Morgan fingerprint density at radius 1 is 1.13 bits per heavy atom. The summed E-state index contributed by atoms with van der Waals surface area (Å²) in [6, 6.07) is 12.0. The number of benzene rings is 2. The number of ether oxygens (including phenoxy) is 2. The first-order valence-electron chi connectivity index (χ1n) is 10.9. The van der Waals surface area contributed by atoms with Gasteiger partial charge < -0.3 is 19.6 Å². The number of methoxy groups -OCH3 is 1. The third kappa shape index (κ3) is 5.78. The molecule has 168 valence electrons. The fourth-order valence-electron chi connectivity index (χ4n) is 3.70. The number of hydrogen-bond donors (Lipinski definition) is 1. The molecule has 3 rings (SSSR count). The average Bonchev–Trinajstić information content (AvgIpc) is 3.26. The highest BCUT2D eigenvalue weighted by Crippen LogP contribution is 2.29. The topological polar surface area (TPSA) is 69.2 Å². The number of nitrogens with one attached hydrogen (secondary N) is 1. The molecule has 0 spiro atoms. The zero-order valence-electron chi connectivity index (χ0n) is 18.9. The fourth-order valence-corrected chi connectivity index (χ4v) is 3.70. The van der Waals surface area contributed by atoms with E-state index in [0.717, 1.165) is 42.6 Å². The van der Waals surface area contributed by atoms with Crippen molar-refractivity contribution >= 4 is 11.6 Å². The van der Waals surface area contributed by atoms with Crippen LogP contribution in [0, 0.1) is 0 Å². The van der Waals surface area contributed by atoms with Crippen LogP contribution in [0.25, 0.3) is 0 Å². The molecule has 0 saturated carbocycles. The van der Waals surface area contributed by atoms with Gasteiger partial charge in [0.05, 0.1) is 13.2 Å². The van der Waals surface area contributed by atoms with Gasteiger partial charge in [0.25, 0.3) is 5.91 Å². The number of carbonyl (C=O) groups is 1. The van der Waals surface area contributed by atoms with Crippen LogP contribution in [0.2, 0.25) is 0 Å². The SMILES string of the molecule is CCC(C)Oc1ccc(CCNC(=O)/C(=N\OC)c2ccc3c(c2)CCC3)cc1OC.[HH].